The molecule has 5 amide bonds. The highest BCUT2D eigenvalue weighted by molar-refractivity contribution is 5.95. The van der Waals surface area contributed by atoms with E-state index in [1.54, 1.807) is 60.6 Å². The van der Waals surface area contributed by atoms with E-state index in [1.807, 2.05) is 0 Å². The van der Waals surface area contributed by atoms with Gasteiger partial charge in [-0.25, -0.2) is 9.59 Å². The number of rotatable bonds is 9. The molecule has 14 nitrogen and oxygen atoms in total. The van der Waals surface area contributed by atoms with Crippen molar-refractivity contribution in [1.29, 1.82) is 0 Å². The van der Waals surface area contributed by atoms with Gasteiger partial charge in [0.2, 0.25) is 23.6 Å². The highest BCUT2D eigenvalue weighted by Crippen LogP contribution is 2.14. The number of esters is 1. The number of amides is 5. The Morgan fingerprint density at radius 3 is 2.20 bits per heavy atom. The summed E-state index contributed by atoms with van der Waals surface area (Å²) in [5.41, 5.74) is -0.201. The maximum Gasteiger partial charge on any atom is 0.408 e. The fraction of sp³-hybridized carbons (Fsp3) is 0.562. The summed E-state index contributed by atoms with van der Waals surface area (Å²) in [6.07, 6.45) is 1.66. The number of hydrogen-bond donors (Lipinski definition) is 6. The molecule has 0 saturated heterocycles. The lowest BCUT2D eigenvalue weighted by molar-refractivity contribution is -0.148. The van der Waals surface area contributed by atoms with Crippen LogP contribution in [0.4, 0.5) is 4.79 Å². The Balaban J connectivity index is 2.27. The highest BCUT2D eigenvalue weighted by Gasteiger charge is 2.32. The van der Waals surface area contributed by atoms with Crippen LogP contribution in [0.25, 0.3) is 0 Å². The van der Waals surface area contributed by atoms with Crippen molar-refractivity contribution in [3.8, 4) is 5.75 Å². The van der Waals surface area contributed by atoms with Crippen LogP contribution in [-0.4, -0.2) is 83.2 Å². The van der Waals surface area contributed by atoms with Crippen LogP contribution >= 0.6 is 0 Å². The molecule has 0 radical (unpaired) electrons. The van der Waals surface area contributed by atoms with Gasteiger partial charge in [0.25, 0.3) is 0 Å². The zero-order valence-corrected chi connectivity index (χ0v) is 27.6. The van der Waals surface area contributed by atoms with Gasteiger partial charge in [0.1, 0.15) is 42.1 Å². The van der Waals surface area contributed by atoms with Crippen LogP contribution in [0.3, 0.4) is 0 Å². The molecule has 0 spiro atoms. The molecule has 6 N–H and O–H groups in total. The number of carbonyl (C=O) groups is 6. The van der Waals surface area contributed by atoms with E-state index < -0.39 is 77.4 Å². The van der Waals surface area contributed by atoms with Crippen LogP contribution in [0, 0.1) is 11.8 Å². The number of alkyl carbamates (subject to hydrolysis) is 1. The number of nitrogens with one attached hydrogen (secondary N) is 5. The number of benzene rings is 1. The van der Waals surface area contributed by atoms with E-state index in [0.29, 0.717) is 5.56 Å². The zero-order valence-electron chi connectivity index (χ0n) is 27.6. The van der Waals surface area contributed by atoms with Crippen molar-refractivity contribution >= 4 is 35.7 Å². The molecule has 1 aromatic rings. The molecule has 46 heavy (non-hydrogen) atoms. The summed E-state index contributed by atoms with van der Waals surface area (Å²) < 4.78 is 10.6. The van der Waals surface area contributed by atoms with Gasteiger partial charge >= 0.3 is 12.1 Å². The lowest BCUT2D eigenvalue weighted by atomic mass is 10.0. The minimum Gasteiger partial charge on any atom is -0.508 e. The smallest absolute Gasteiger partial charge is 0.408 e. The van der Waals surface area contributed by atoms with Crippen molar-refractivity contribution in [2.75, 3.05) is 6.61 Å². The van der Waals surface area contributed by atoms with Crippen molar-refractivity contribution in [3.05, 3.63) is 42.0 Å². The number of phenols is 1. The standard InChI is InChI=1S/C32H47N5O9/c1-17(2)25-28(41)33-19(5)30(43)45-16-21(11-14-24(39)36-25)34-29(42)26(18(3)4)37-27(40)23(35-31(44)46-32(6,7)8)15-20-9-12-22(38)13-10-20/h9-14,17-19,21,23,25-26,38H,15-16H2,1-8H3,(H,33,41)(H,34,42)(H,35,44)(H,36,39)(H,37,40)/b14-11+/t19-,21+,23-,25-,26-/m0/s1. The molecule has 1 aromatic carbocycles. The first-order valence-corrected chi connectivity index (χ1v) is 15.2. The van der Waals surface area contributed by atoms with E-state index in [1.165, 1.54) is 25.1 Å². The second-order valence-electron chi connectivity index (χ2n) is 12.9. The average molecular weight is 646 g/mol. The van der Waals surface area contributed by atoms with E-state index in [9.17, 15) is 33.9 Å². The summed E-state index contributed by atoms with van der Waals surface area (Å²) >= 11 is 0. The Bertz CT molecular complexity index is 1290. The van der Waals surface area contributed by atoms with Gasteiger partial charge in [-0.15, -0.1) is 0 Å². The van der Waals surface area contributed by atoms with Gasteiger partial charge in [0.15, 0.2) is 0 Å². The van der Waals surface area contributed by atoms with E-state index >= 15 is 0 Å². The van der Waals surface area contributed by atoms with Crippen LogP contribution in [-0.2, 0) is 39.9 Å². The monoisotopic (exact) mass is 645 g/mol. The van der Waals surface area contributed by atoms with Crippen LogP contribution in [0.5, 0.6) is 5.75 Å². The third kappa shape index (κ3) is 12.4. The van der Waals surface area contributed by atoms with Crippen LogP contribution in [0.2, 0.25) is 0 Å². The maximum atomic E-state index is 13.5. The zero-order chi connectivity index (χ0) is 34.8. The number of ether oxygens (including phenoxy) is 2. The van der Waals surface area contributed by atoms with Gasteiger partial charge in [-0.3, -0.25) is 19.2 Å². The van der Waals surface area contributed by atoms with Crippen LogP contribution in [0.15, 0.2) is 36.4 Å². The number of cyclic esters (lactones) is 1. The molecule has 2 rings (SSSR count). The average Bonchev–Trinajstić information content (AvgIpc) is 2.94. The predicted octanol–water partition coefficient (Wildman–Crippen LogP) is 1.21. The summed E-state index contributed by atoms with van der Waals surface area (Å²) in [5.74, 6) is -3.85. The second kappa shape index (κ2) is 16.6. The van der Waals surface area contributed by atoms with Crippen molar-refractivity contribution < 1.29 is 43.3 Å². The van der Waals surface area contributed by atoms with Gasteiger partial charge in [0.05, 0.1) is 6.04 Å². The van der Waals surface area contributed by atoms with Crippen molar-refractivity contribution in [2.24, 2.45) is 11.8 Å². The molecule has 0 aromatic heterocycles. The highest BCUT2D eigenvalue weighted by atomic mass is 16.6. The normalized spacial score (nSPS) is 21.3. The number of hydrogen-bond acceptors (Lipinski definition) is 9. The van der Waals surface area contributed by atoms with E-state index in [4.69, 9.17) is 9.47 Å². The molecule has 1 aliphatic rings. The Labute approximate surface area is 269 Å². The summed E-state index contributed by atoms with van der Waals surface area (Å²) in [7, 11) is 0. The number of aromatic hydroxyl groups is 1. The van der Waals surface area contributed by atoms with Gasteiger partial charge in [-0.05, 0) is 57.2 Å². The maximum absolute atomic E-state index is 13.5. The molecule has 14 heteroatoms. The van der Waals surface area contributed by atoms with Crippen molar-refractivity contribution in [2.45, 2.75) is 97.6 Å². The largest absolute Gasteiger partial charge is 0.508 e. The van der Waals surface area contributed by atoms with Crippen molar-refractivity contribution in [1.82, 2.24) is 26.6 Å². The topological polar surface area (TPSA) is 201 Å². The summed E-state index contributed by atoms with van der Waals surface area (Å²) in [6, 6.07) is 0.952. The Morgan fingerprint density at radius 1 is 1.00 bits per heavy atom. The van der Waals surface area contributed by atoms with Gasteiger partial charge in [0, 0.05) is 12.5 Å². The Hall–Kier alpha value is -4.62. The Morgan fingerprint density at radius 2 is 1.63 bits per heavy atom. The molecule has 0 fully saturated rings. The predicted molar refractivity (Wildman–Crippen MR) is 168 cm³/mol. The summed E-state index contributed by atoms with van der Waals surface area (Å²) in [6.45, 7) is 13.0. The first-order chi connectivity index (χ1) is 21.4. The van der Waals surface area contributed by atoms with Crippen molar-refractivity contribution in [3.63, 3.8) is 0 Å². The first-order valence-electron chi connectivity index (χ1n) is 15.2. The molecule has 0 bridgehead atoms. The van der Waals surface area contributed by atoms with Gasteiger partial charge < -0.3 is 41.2 Å². The molecule has 254 valence electrons. The summed E-state index contributed by atoms with van der Waals surface area (Å²) in [4.78, 5) is 77.5. The Kier molecular flexibility index (Phi) is 13.6. The van der Waals surface area contributed by atoms with E-state index in [0.717, 1.165) is 6.08 Å². The minimum atomic E-state index is -1.15. The van der Waals surface area contributed by atoms with E-state index in [-0.39, 0.29) is 24.7 Å². The van der Waals surface area contributed by atoms with E-state index in [2.05, 4.69) is 26.6 Å². The SMILES string of the molecule is CC(C)[C@@H]1NC(=O)/C=C/[C@@H](NC(=O)[C@@H](NC(=O)[C@H](Cc2ccc(O)cc2)NC(=O)OC(C)(C)C)C(C)C)COC(=O)[C@H](C)NC1=O. The number of carbonyl (C=O) groups excluding carboxylic acids is 6. The molecule has 5 atom stereocenters. The lowest BCUT2D eigenvalue weighted by Crippen LogP contribution is -2.57. The summed E-state index contributed by atoms with van der Waals surface area (Å²) in [5, 5.41) is 22.7. The fourth-order valence-electron chi connectivity index (χ4n) is 4.33. The molecule has 0 aliphatic carbocycles. The molecular formula is C32H47N5O9. The fourth-order valence-corrected chi connectivity index (χ4v) is 4.33. The first kappa shape index (κ1) is 37.6. The third-order valence-electron chi connectivity index (χ3n) is 6.80. The molecular weight excluding hydrogens is 598 g/mol. The van der Waals surface area contributed by atoms with Crippen LogP contribution < -0.4 is 26.6 Å². The minimum absolute atomic E-state index is 0.0281. The van der Waals surface area contributed by atoms with Crippen LogP contribution in [0.1, 0.15) is 61.0 Å². The third-order valence-corrected chi connectivity index (χ3v) is 6.80. The second-order valence-corrected chi connectivity index (χ2v) is 12.9. The quantitative estimate of drug-likeness (QED) is 0.214. The lowest BCUT2D eigenvalue weighted by Gasteiger charge is -2.28. The molecule has 1 aliphatic heterocycles. The van der Waals surface area contributed by atoms with Gasteiger partial charge in [-0.2, -0.15) is 0 Å². The van der Waals surface area contributed by atoms with Gasteiger partial charge in [-0.1, -0.05) is 45.9 Å². The number of phenolic OH excluding ortho intramolecular Hbond substituents is 1. The molecule has 0 saturated carbocycles. The molecule has 1 heterocycles. The molecule has 0 unspecified atom stereocenters.